The number of nitrogens with zero attached hydrogens (tertiary/aromatic N) is 2. The molecule has 142 valence electrons. The van der Waals surface area contributed by atoms with Gasteiger partial charge in [-0.25, -0.2) is 4.98 Å². The van der Waals surface area contributed by atoms with Crippen LogP contribution in [0.4, 0.5) is 0 Å². The van der Waals surface area contributed by atoms with Crippen molar-refractivity contribution in [3.05, 3.63) is 45.8 Å². The van der Waals surface area contributed by atoms with Crippen LogP contribution in [-0.2, 0) is 19.5 Å². The Bertz CT molecular complexity index is 1040. The van der Waals surface area contributed by atoms with Gasteiger partial charge in [-0.15, -0.1) is 0 Å². The molecule has 3 aromatic rings. The van der Waals surface area contributed by atoms with Gasteiger partial charge in [-0.1, -0.05) is 0 Å². The summed E-state index contributed by atoms with van der Waals surface area (Å²) in [6.45, 7) is 2.15. The third-order valence-electron chi connectivity index (χ3n) is 4.97. The number of ether oxygens (including phenoxy) is 3. The number of H-pyrrole nitrogens is 2. The first-order valence-corrected chi connectivity index (χ1v) is 8.73. The lowest BCUT2D eigenvalue weighted by atomic mass is 10.1. The average molecular weight is 370 g/mol. The molecule has 0 bridgehead atoms. The summed E-state index contributed by atoms with van der Waals surface area (Å²) in [5.41, 5.74) is 3.43. The van der Waals surface area contributed by atoms with Crippen molar-refractivity contribution in [2.45, 2.75) is 19.5 Å². The van der Waals surface area contributed by atoms with E-state index in [4.69, 9.17) is 14.2 Å². The van der Waals surface area contributed by atoms with Crippen molar-refractivity contribution in [3.8, 4) is 17.2 Å². The van der Waals surface area contributed by atoms with E-state index in [9.17, 15) is 4.79 Å². The fraction of sp³-hybridized carbons (Fsp3) is 0.368. The van der Waals surface area contributed by atoms with Gasteiger partial charge in [0, 0.05) is 43.1 Å². The van der Waals surface area contributed by atoms with Crippen molar-refractivity contribution in [3.63, 3.8) is 0 Å². The van der Waals surface area contributed by atoms with Crippen molar-refractivity contribution in [1.29, 1.82) is 0 Å². The minimum Gasteiger partial charge on any atom is -0.493 e. The molecule has 0 atom stereocenters. The van der Waals surface area contributed by atoms with Crippen LogP contribution in [-0.4, -0.2) is 47.7 Å². The van der Waals surface area contributed by atoms with E-state index in [-0.39, 0.29) is 5.56 Å². The van der Waals surface area contributed by atoms with E-state index in [2.05, 4.69) is 19.9 Å². The topological polar surface area (TPSA) is 92.5 Å². The molecule has 0 fully saturated rings. The summed E-state index contributed by atoms with van der Waals surface area (Å²) in [6.07, 6.45) is 2.60. The van der Waals surface area contributed by atoms with Crippen LogP contribution < -0.4 is 19.8 Å². The number of benzene rings is 1. The van der Waals surface area contributed by atoms with E-state index in [0.717, 1.165) is 36.3 Å². The molecule has 0 aliphatic carbocycles. The van der Waals surface area contributed by atoms with Crippen LogP contribution in [0.3, 0.4) is 0 Å². The van der Waals surface area contributed by atoms with Gasteiger partial charge in [-0.2, -0.15) is 0 Å². The van der Waals surface area contributed by atoms with Crippen LogP contribution in [0.5, 0.6) is 17.2 Å². The van der Waals surface area contributed by atoms with Gasteiger partial charge in [-0.05, 0) is 6.07 Å². The molecule has 1 aliphatic heterocycles. The second-order valence-electron chi connectivity index (χ2n) is 6.52. The summed E-state index contributed by atoms with van der Waals surface area (Å²) < 4.78 is 16.4. The van der Waals surface area contributed by atoms with Crippen molar-refractivity contribution < 1.29 is 14.2 Å². The van der Waals surface area contributed by atoms with Crippen molar-refractivity contribution in [1.82, 2.24) is 19.9 Å². The van der Waals surface area contributed by atoms with Gasteiger partial charge in [-0.3, -0.25) is 9.69 Å². The predicted molar refractivity (Wildman–Crippen MR) is 101 cm³/mol. The van der Waals surface area contributed by atoms with Crippen LogP contribution >= 0.6 is 0 Å². The summed E-state index contributed by atoms with van der Waals surface area (Å²) >= 11 is 0. The Balaban J connectivity index is 1.74. The van der Waals surface area contributed by atoms with Gasteiger partial charge >= 0.3 is 0 Å². The number of pyridine rings is 1. The third kappa shape index (κ3) is 3.02. The van der Waals surface area contributed by atoms with Gasteiger partial charge in [0.25, 0.3) is 5.56 Å². The number of fused-ring (bicyclic) bond motifs is 2. The fourth-order valence-electron chi connectivity index (χ4n) is 3.63. The SMILES string of the molecule is COc1cc2[nH]c(=O)c(CN3CCc4nc[nH]c4C3)cc2c(OC)c1OC. The maximum absolute atomic E-state index is 12.6. The molecule has 2 aromatic heterocycles. The minimum atomic E-state index is -0.118. The highest BCUT2D eigenvalue weighted by molar-refractivity contribution is 5.90. The highest BCUT2D eigenvalue weighted by atomic mass is 16.5. The van der Waals surface area contributed by atoms with Gasteiger partial charge in [0.15, 0.2) is 11.5 Å². The highest BCUT2D eigenvalue weighted by Gasteiger charge is 2.21. The normalized spacial score (nSPS) is 14.2. The smallest absolute Gasteiger partial charge is 0.252 e. The molecule has 1 aromatic carbocycles. The maximum Gasteiger partial charge on any atom is 0.252 e. The molecule has 2 N–H and O–H groups in total. The van der Waals surface area contributed by atoms with E-state index in [1.165, 1.54) is 0 Å². The van der Waals surface area contributed by atoms with Gasteiger partial charge in [0.05, 0.1) is 44.6 Å². The molecule has 4 rings (SSSR count). The van der Waals surface area contributed by atoms with Crippen LogP contribution in [0.15, 0.2) is 23.3 Å². The molecule has 8 nitrogen and oxygen atoms in total. The van der Waals surface area contributed by atoms with Crippen LogP contribution in [0.25, 0.3) is 10.9 Å². The summed E-state index contributed by atoms with van der Waals surface area (Å²) in [5.74, 6) is 1.55. The first-order chi connectivity index (χ1) is 13.1. The lowest BCUT2D eigenvalue weighted by Crippen LogP contribution is -2.32. The summed E-state index contributed by atoms with van der Waals surface area (Å²) in [5, 5.41) is 0.781. The number of imidazole rings is 1. The number of nitrogens with one attached hydrogen (secondary N) is 2. The minimum absolute atomic E-state index is 0.118. The number of hydrogen-bond acceptors (Lipinski definition) is 6. The molecule has 27 heavy (non-hydrogen) atoms. The summed E-state index contributed by atoms with van der Waals surface area (Å²) in [6, 6.07) is 3.62. The van der Waals surface area contributed by atoms with Crippen molar-refractivity contribution in [2.24, 2.45) is 0 Å². The maximum atomic E-state index is 12.6. The van der Waals surface area contributed by atoms with E-state index in [0.29, 0.717) is 34.9 Å². The molecular formula is C19H22N4O4. The summed E-state index contributed by atoms with van der Waals surface area (Å²) in [7, 11) is 4.69. The van der Waals surface area contributed by atoms with Crippen molar-refractivity contribution >= 4 is 10.9 Å². The number of methoxy groups -OCH3 is 3. The zero-order chi connectivity index (χ0) is 19.0. The standard InChI is InChI=1S/C19H22N4O4/c1-25-16-7-14-12(17(26-2)18(16)27-3)6-11(19(24)22-14)8-23-5-4-13-15(9-23)21-10-20-13/h6-7,10H,4-5,8-9H2,1-3H3,(H,20,21)(H,22,24). The van der Waals surface area contributed by atoms with Crippen LogP contribution in [0, 0.1) is 0 Å². The Morgan fingerprint density at radius 1 is 1.15 bits per heavy atom. The van der Waals surface area contributed by atoms with Crippen LogP contribution in [0.1, 0.15) is 17.0 Å². The molecule has 0 saturated heterocycles. The van der Waals surface area contributed by atoms with Crippen LogP contribution in [0.2, 0.25) is 0 Å². The highest BCUT2D eigenvalue weighted by Crippen LogP contribution is 2.42. The number of aromatic nitrogens is 3. The Hall–Kier alpha value is -3.00. The largest absolute Gasteiger partial charge is 0.493 e. The molecule has 3 heterocycles. The predicted octanol–water partition coefficient (Wildman–Crippen LogP) is 1.84. The molecule has 0 amide bonds. The monoisotopic (exact) mass is 370 g/mol. The number of hydrogen-bond donors (Lipinski definition) is 2. The second-order valence-corrected chi connectivity index (χ2v) is 6.52. The number of rotatable bonds is 5. The molecule has 1 aliphatic rings. The number of aromatic amines is 2. The summed E-state index contributed by atoms with van der Waals surface area (Å²) in [4.78, 5) is 25.3. The van der Waals surface area contributed by atoms with E-state index in [1.807, 2.05) is 6.07 Å². The molecule has 0 saturated carbocycles. The Morgan fingerprint density at radius 2 is 1.96 bits per heavy atom. The Kier molecular flexibility index (Phi) is 4.49. The Morgan fingerprint density at radius 3 is 2.70 bits per heavy atom. The average Bonchev–Trinajstić information content (AvgIpc) is 3.15. The lowest BCUT2D eigenvalue weighted by Gasteiger charge is -2.25. The molecule has 0 unspecified atom stereocenters. The fourth-order valence-corrected chi connectivity index (χ4v) is 3.63. The van der Waals surface area contributed by atoms with Gasteiger partial charge in [0.2, 0.25) is 5.75 Å². The first kappa shape index (κ1) is 17.4. The molecule has 0 radical (unpaired) electrons. The molecular weight excluding hydrogens is 348 g/mol. The first-order valence-electron chi connectivity index (χ1n) is 8.73. The van der Waals surface area contributed by atoms with Crippen molar-refractivity contribution in [2.75, 3.05) is 27.9 Å². The zero-order valence-corrected chi connectivity index (χ0v) is 15.6. The molecule has 0 spiro atoms. The second kappa shape index (κ2) is 6.96. The Labute approximate surface area is 156 Å². The van der Waals surface area contributed by atoms with E-state index < -0.39 is 0 Å². The lowest BCUT2D eigenvalue weighted by molar-refractivity contribution is 0.240. The van der Waals surface area contributed by atoms with Gasteiger partial charge < -0.3 is 24.2 Å². The van der Waals surface area contributed by atoms with E-state index in [1.54, 1.807) is 33.7 Å². The van der Waals surface area contributed by atoms with Gasteiger partial charge in [0.1, 0.15) is 0 Å². The zero-order valence-electron chi connectivity index (χ0n) is 15.6. The quantitative estimate of drug-likeness (QED) is 0.712. The molecule has 8 heteroatoms. The van der Waals surface area contributed by atoms with E-state index >= 15 is 0 Å². The third-order valence-corrected chi connectivity index (χ3v) is 4.97.